The first-order chi connectivity index (χ1) is 8.97. The van der Waals surface area contributed by atoms with Gasteiger partial charge in [0.2, 0.25) is 5.89 Å². The first kappa shape index (κ1) is 12.8. The molecule has 2 N–H and O–H groups in total. The highest BCUT2D eigenvalue weighted by Crippen LogP contribution is 2.12. The SMILES string of the molecule is Cc1noc(C(C)NC(=O)c2cc(C(=O)O)co2)n1. The lowest BCUT2D eigenvalue weighted by molar-refractivity contribution is 0.0695. The molecule has 1 amide bonds. The summed E-state index contributed by atoms with van der Waals surface area (Å²) in [6, 6.07) is 0.635. The number of carboxylic acid groups (broad SMARTS) is 1. The van der Waals surface area contributed by atoms with Gasteiger partial charge in [-0.05, 0) is 13.8 Å². The van der Waals surface area contributed by atoms with Gasteiger partial charge in [-0.25, -0.2) is 4.79 Å². The number of furan rings is 1. The van der Waals surface area contributed by atoms with Gasteiger partial charge in [-0.3, -0.25) is 4.79 Å². The number of nitrogens with one attached hydrogen (secondary N) is 1. The lowest BCUT2D eigenvalue weighted by Gasteiger charge is -2.07. The number of carbonyl (C=O) groups excluding carboxylic acids is 1. The summed E-state index contributed by atoms with van der Waals surface area (Å²) in [5.74, 6) is -1.10. The average molecular weight is 265 g/mol. The minimum Gasteiger partial charge on any atom is -0.478 e. The fourth-order valence-electron chi connectivity index (χ4n) is 1.39. The molecule has 8 nitrogen and oxygen atoms in total. The molecular weight excluding hydrogens is 254 g/mol. The van der Waals surface area contributed by atoms with Crippen molar-refractivity contribution >= 4 is 11.9 Å². The number of hydrogen-bond acceptors (Lipinski definition) is 6. The molecule has 2 heterocycles. The first-order valence-corrected chi connectivity index (χ1v) is 5.40. The predicted molar refractivity (Wildman–Crippen MR) is 60.6 cm³/mol. The van der Waals surface area contributed by atoms with Crippen LogP contribution in [0.15, 0.2) is 21.3 Å². The standard InChI is InChI=1S/C11H11N3O5/c1-5(10-13-6(2)14-19-10)12-9(15)8-3-7(4-18-8)11(16)17/h3-5H,1-2H3,(H,12,15)(H,16,17). The molecule has 0 spiro atoms. The Labute approximate surface area is 107 Å². The maximum absolute atomic E-state index is 11.8. The van der Waals surface area contributed by atoms with Gasteiger partial charge in [-0.1, -0.05) is 5.16 Å². The lowest BCUT2D eigenvalue weighted by atomic mass is 10.3. The molecule has 0 aliphatic carbocycles. The molecule has 0 aliphatic heterocycles. The number of amides is 1. The largest absolute Gasteiger partial charge is 0.478 e. The van der Waals surface area contributed by atoms with E-state index in [4.69, 9.17) is 14.0 Å². The van der Waals surface area contributed by atoms with Crippen LogP contribution in [0.4, 0.5) is 0 Å². The zero-order chi connectivity index (χ0) is 14.0. The Kier molecular flexibility index (Phi) is 3.32. The zero-order valence-electron chi connectivity index (χ0n) is 10.2. The van der Waals surface area contributed by atoms with Crippen molar-refractivity contribution in [1.82, 2.24) is 15.5 Å². The van der Waals surface area contributed by atoms with E-state index in [1.54, 1.807) is 13.8 Å². The third-order valence-corrected chi connectivity index (χ3v) is 2.33. The summed E-state index contributed by atoms with van der Waals surface area (Å²) < 4.78 is 9.78. The van der Waals surface area contributed by atoms with Gasteiger partial charge >= 0.3 is 5.97 Å². The van der Waals surface area contributed by atoms with E-state index in [1.807, 2.05) is 0 Å². The topological polar surface area (TPSA) is 118 Å². The van der Waals surface area contributed by atoms with Crippen LogP contribution in [0.2, 0.25) is 0 Å². The Morgan fingerprint density at radius 1 is 1.47 bits per heavy atom. The van der Waals surface area contributed by atoms with Crippen molar-refractivity contribution in [3.63, 3.8) is 0 Å². The Bertz CT molecular complexity index is 615. The molecule has 1 atom stereocenters. The summed E-state index contributed by atoms with van der Waals surface area (Å²) in [6.45, 7) is 3.32. The van der Waals surface area contributed by atoms with Crippen LogP contribution in [-0.2, 0) is 0 Å². The molecule has 2 aromatic rings. The number of carbonyl (C=O) groups is 2. The fourth-order valence-corrected chi connectivity index (χ4v) is 1.39. The summed E-state index contributed by atoms with van der Waals surface area (Å²) in [6.07, 6.45) is 0.999. The monoisotopic (exact) mass is 265 g/mol. The van der Waals surface area contributed by atoms with Gasteiger partial charge in [-0.15, -0.1) is 0 Å². The molecule has 8 heteroatoms. The Morgan fingerprint density at radius 2 is 2.21 bits per heavy atom. The Morgan fingerprint density at radius 3 is 2.74 bits per heavy atom. The molecule has 0 aromatic carbocycles. The maximum atomic E-state index is 11.8. The highest BCUT2D eigenvalue weighted by molar-refractivity contribution is 5.95. The average Bonchev–Trinajstić information content (AvgIpc) is 2.96. The molecule has 19 heavy (non-hydrogen) atoms. The molecule has 0 saturated heterocycles. The van der Waals surface area contributed by atoms with E-state index < -0.39 is 17.9 Å². The molecular formula is C11H11N3O5. The molecule has 0 fully saturated rings. The zero-order valence-corrected chi connectivity index (χ0v) is 10.2. The van der Waals surface area contributed by atoms with Crippen molar-refractivity contribution in [2.24, 2.45) is 0 Å². The van der Waals surface area contributed by atoms with E-state index in [9.17, 15) is 9.59 Å². The van der Waals surface area contributed by atoms with Gasteiger partial charge in [0, 0.05) is 6.07 Å². The number of rotatable bonds is 4. The van der Waals surface area contributed by atoms with E-state index in [1.165, 1.54) is 0 Å². The van der Waals surface area contributed by atoms with Crippen LogP contribution < -0.4 is 5.32 Å². The highest BCUT2D eigenvalue weighted by Gasteiger charge is 2.20. The van der Waals surface area contributed by atoms with Crippen molar-refractivity contribution in [3.05, 3.63) is 35.4 Å². The van der Waals surface area contributed by atoms with Crippen LogP contribution in [0.1, 0.15) is 45.6 Å². The smallest absolute Gasteiger partial charge is 0.338 e. The highest BCUT2D eigenvalue weighted by atomic mass is 16.5. The second-order valence-corrected chi connectivity index (χ2v) is 3.88. The molecule has 2 aromatic heterocycles. The quantitative estimate of drug-likeness (QED) is 0.851. The second-order valence-electron chi connectivity index (χ2n) is 3.88. The van der Waals surface area contributed by atoms with Gasteiger partial charge in [0.25, 0.3) is 5.91 Å². The van der Waals surface area contributed by atoms with Crippen LogP contribution in [0.5, 0.6) is 0 Å². The molecule has 0 saturated carbocycles. The van der Waals surface area contributed by atoms with Crippen LogP contribution in [0.25, 0.3) is 0 Å². The van der Waals surface area contributed by atoms with Gasteiger partial charge < -0.3 is 19.4 Å². The summed E-state index contributed by atoms with van der Waals surface area (Å²) in [4.78, 5) is 26.4. The number of aryl methyl sites for hydroxylation is 1. The van der Waals surface area contributed by atoms with E-state index in [0.717, 1.165) is 12.3 Å². The number of aromatic carboxylic acids is 1. The Balaban J connectivity index is 2.06. The van der Waals surface area contributed by atoms with E-state index in [2.05, 4.69) is 15.5 Å². The van der Waals surface area contributed by atoms with Crippen LogP contribution in [0, 0.1) is 6.92 Å². The predicted octanol–water partition coefficient (Wildman–Crippen LogP) is 1.16. The molecule has 1 unspecified atom stereocenters. The first-order valence-electron chi connectivity index (χ1n) is 5.40. The maximum Gasteiger partial charge on any atom is 0.338 e. The van der Waals surface area contributed by atoms with Crippen LogP contribution >= 0.6 is 0 Å². The summed E-state index contributed by atoms with van der Waals surface area (Å²) in [5, 5.41) is 14.9. The van der Waals surface area contributed by atoms with E-state index in [0.29, 0.717) is 5.82 Å². The summed E-state index contributed by atoms with van der Waals surface area (Å²) in [5.41, 5.74) is -0.0913. The van der Waals surface area contributed by atoms with Crippen molar-refractivity contribution < 1.29 is 23.6 Å². The van der Waals surface area contributed by atoms with Crippen LogP contribution in [0.3, 0.4) is 0 Å². The van der Waals surface area contributed by atoms with Gasteiger partial charge in [0.1, 0.15) is 12.3 Å². The molecule has 2 rings (SSSR count). The number of nitrogens with zero attached hydrogens (tertiary/aromatic N) is 2. The molecule has 0 bridgehead atoms. The number of carboxylic acids is 1. The van der Waals surface area contributed by atoms with Gasteiger partial charge in [-0.2, -0.15) is 4.98 Å². The number of hydrogen-bond donors (Lipinski definition) is 2. The second kappa shape index (κ2) is 4.92. The molecule has 100 valence electrons. The van der Waals surface area contributed by atoms with Gasteiger partial charge in [0.15, 0.2) is 11.6 Å². The van der Waals surface area contributed by atoms with E-state index in [-0.39, 0.29) is 17.2 Å². The molecule has 0 aliphatic rings. The van der Waals surface area contributed by atoms with Crippen LogP contribution in [-0.4, -0.2) is 27.1 Å². The lowest BCUT2D eigenvalue weighted by Crippen LogP contribution is -2.26. The van der Waals surface area contributed by atoms with E-state index >= 15 is 0 Å². The van der Waals surface area contributed by atoms with Crippen molar-refractivity contribution in [1.29, 1.82) is 0 Å². The van der Waals surface area contributed by atoms with Gasteiger partial charge in [0.05, 0.1) is 5.56 Å². The molecule has 0 radical (unpaired) electrons. The fraction of sp³-hybridized carbons (Fsp3) is 0.273. The normalized spacial score (nSPS) is 12.1. The number of aromatic nitrogens is 2. The van der Waals surface area contributed by atoms with Crippen molar-refractivity contribution in [2.45, 2.75) is 19.9 Å². The minimum atomic E-state index is -1.16. The Hall–Kier alpha value is -2.64. The van der Waals surface area contributed by atoms with Crippen molar-refractivity contribution in [2.75, 3.05) is 0 Å². The van der Waals surface area contributed by atoms with Crippen molar-refractivity contribution in [3.8, 4) is 0 Å². The summed E-state index contributed by atoms with van der Waals surface area (Å²) in [7, 11) is 0. The third-order valence-electron chi connectivity index (χ3n) is 2.33. The minimum absolute atomic E-state index is 0.0913. The third kappa shape index (κ3) is 2.79. The summed E-state index contributed by atoms with van der Waals surface area (Å²) >= 11 is 0.